The highest BCUT2D eigenvalue weighted by Gasteiger charge is 2.90. The summed E-state index contributed by atoms with van der Waals surface area (Å²) in [6, 6.07) is 13.9. The third-order valence-corrected chi connectivity index (χ3v) is 11.8. The van der Waals surface area contributed by atoms with E-state index in [1.54, 1.807) is 36.4 Å². The Morgan fingerprint density at radius 2 is 1.48 bits per heavy atom. The van der Waals surface area contributed by atoms with Crippen LogP contribution in [0.3, 0.4) is 0 Å². The van der Waals surface area contributed by atoms with Crippen LogP contribution in [0.2, 0.25) is 0 Å². The zero-order valence-electron chi connectivity index (χ0n) is 33.9. The van der Waals surface area contributed by atoms with Gasteiger partial charge in [0.2, 0.25) is 0 Å². The molecule has 3 heterocycles. The van der Waals surface area contributed by atoms with Gasteiger partial charge in [0.05, 0.1) is 25.6 Å². The first-order chi connectivity index (χ1) is 30.5. The molecule has 1 unspecified atom stereocenters. The summed E-state index contributed by atoms with van der Waals surface area (Å²) in [6.45, 7) is 0.157. The van der Waals surface area contributed by atoms with Crippen LogP contribution < -0.4 is 15.3 Å². The second-order valence-electron chi connectivity index (χ2n) is 15.2. The number of anilines is 1. The molecule has 4 N–H and O–H groups in total. The second-order valence-corrected chi connectivity index (χ2v) is 16.9. The van der Waals surface area contributed by atoms with Gasteiger partial charge in [-0.25, -0.2) is 9.55 Å². The molecule has 1 fully saturated rings. The predicted octanol–water partition coefficient (Wildman–Crippen LogP) is 9.22. The Balaban J connectivity index is 1.24. The smallest absolute Gasteiger partial charge is 0.460 e. The van der Waals surface area contributed by atoms with Crippen molar-refractivity contribution in [1.29, 1.82) is 0 Å². The van der Waals surface area contributed by atoms with E-state index in [1.165, 1.54) is 42.1 Å². The number of aliphatic hydroxyl groups is 1. The number of rotatable bonds is 22. The van der Waals surface area contributed by atoms with Crippen molar-refractivity contribution in [2.45, 2.75) is 112 Å². The van der Waals surface area contributed by atoms with Gasteiger partial charge in [-0.05, 0) is 43.9 Å². The molecule has 366 valence electrons. The van der Waals surface area contributed by atoms with Gasteiger partial charge in [0.1, 0.15) is 23.6 Å². The first-order valence-electron chi connectivity index (χ1n) is 19.4. The van der Waals surface area contributed by atoms with Gasteiger partial charge in [-0.15, -0.1) is 0 Å². The summed E-state index contributed by atoms with van der Waals surface area (Å²) < 4.78 is 228. The molecule has 0 bridgehead atoms. The Labute approximate surface area is 364 Å². The number of aliphatic hydroxyl groups excluding tert-OH is 1. The highest BCUT2D eigenvalue weighted by Crippen LogP contribution is 2.61. The van der Waals surface area contributed by atoms with Gasteiger partial charge in [-0.1, -0.05) is 61.4 Å². The molecule has 0 aliphatic carbocycles. The molecule has 0 saturated carbocycles. The van der Waals surface area contributed by atoms with Crippen LogP contribution in [0.25, 0.3) is 11.2 Å². The lowest BCUT2D eigenvalue weighted by Gasteiger charge is -2.39. The number of nitrogens with one attached hydrogen (secondary N) is 1. The van der Waals surface area contributed by atoms with E-state index in [-0.39, 0.29) is 48.4 Å². The number of hydrogen-bond donors (Lipinski definition) is 3. The highest BCUT2D eigenvalue weighted by atomic mass is 31.2. The Morgan fingerprint density at radius 1 is 0.894 bits per heavy atom. The summed E-state index contributed by atoms with van der Waals surface area (Å²) in [5.41, 5.74) is 4.53. The topological polar surface area (TPSA) is 173 Å². The number of hydrogen-bond acceptors (Lipinski definition) is 11. The van der Waals surface area contributed by atoms with E-state index in [0.29, 0.717) is 5.56 Å². The van der Waals surface area contributed by atoms with Gasteiger partial charge in [-0.2, -0.15) is 76.5 Å². The lowest BCUT2D eigenvalue weighted by Crippen LogP contribution is -2.70. The van der Waals surface area contributed by atoms with Crippen LogP contribution in [0.1, 0.15) is 57.2 Å². The number of benzene rings is 2. The lowest BCUT2D eigenvalue weighted by molar-refractivity contribution is -0.440. The number of imidazole rings is 1. The molecule has 5 atom stereocenters. The fourth-order valence-electron chi connectivity index (χ4n) is 6.48. The summed E-state index contributed by atoms with van der Waals surface area (Å²) in [7, 11) is -4.74. The zero-order chi connectivity index (χ0) is 49.1. The van der Waals surface area contributed by atoms with E-state index in [1.807, 2.05) is 0 Å². The number of halogens is 14. The van der Waals surface area contributed by atoms with Crippen molar-refractivity contribution in [2.75, 3.05) is 18.9 Å². The number of aromatic nitrogens is 4. The van der Waals surface area contributed by atoms with E-state index in [0.717, 1.165) is 0 Å². The number of carbonyl (C=O) groups is 1. The number of carbonyl (C=O) groups excluding carboxylic acids is 1. The summed E-state index contributed by atoms with van der Waals surface area (Å²) in [5, 5.41) is 13.7. The van der Waals surface area contributed by atoms with Crippen LogP contribution in [0.4, 0.5) is 67.3 Å². The highest BCUT2D eigenvalue weighted by molar-refractivity contribution is 7.52. The second kappa shape index (κ2) is 19.4. The van der Waals surface area contributed by atoms with Gasteiger partial charge >= 0.3 is 55.6 Å². The number of para-hydroxylation sites is 1. The number of fused-ring (bicyclic) bond motifs is 1. The number of esters is 1. The van der Waals surface area contributed by atoms with Crippen LogP contribution in [-0.2, 0) is 29.8 Å². The zero-order valence-corrected chi connectivity index (χ0v) is 34.8. The van der Waals surface area contributed by atoms with Crippen molar-refractivity contribution < 1.29 is 94.5 Å². The van der Waals surface area contributed by atoms with E-state index >= 15 is 0 Å². The first-order valence-corrected chi connectivity index (χ1v) is 21.0. The fraction of sp³-hybridized carbons (Fsp3) is 0.526. The molecule has 28 heteroatoms. The average Bonchev–Trinajstić information content (AvgIpc) is 3.79. The molecule has 66 heavy (non-hydrogen) atoms. The van der Waals surface area contributed by atoms with Crippen LogP contribution in [0, 0.1) is 6.08 Å². The van der Waals surface area contributed by atoms with E-state index in [4.69, 9.17) is 24.3 Å². The monoisotopic (exact) mass is 988 g/mol. The van der Waals surface area contributed by atoms with Gasteiger partial charge in [0, 0.05) is 12.8 Å². The minimum atomic E-state index is -7.99. The van der Waals surface area contributed by atoms with Gasteiger partial charge < -0.3 is 24.8 Å². The molecule has 1 aliphatic rings. The molecule has 5 rings (SSSR count). The molecule has 0 amide bonds. The average molecular weight is 989 g/mol. The standard InChI is InChI=1S/C38H39F14N6O7P/c1-32(25(59)19-26(64-32)58-21-54-27-28(53)55-31(39)56-29(27)58)20-63-66(61,65-23-14-8-5-9-15-23)57-24(18-22-12-6-4-7-13-22)30(60)62-17-11-3-2-10-16-33(40,41)34(42,43)35(44,45)36(46,47)37(48,49)38(50,51)52/h4-9,12-15,21,24-26,59H,2-3,10-11,16-20H2,1H3,(H,57,61)(H2,53,55,56)/t24-,25-,26+,32+,66?/m0/s1. The van der Waals surface area contributed by atoms with Crippen molar-refractivity contribution in [3.8, 4) is 5.75 Å². The molecule has 2 aromatic carbocycles. The first kappa shape index (κ1) is 52.1. The van der Waals surface area contributed by atoms with Gasteiger partial charge in [-0.3, -0.25) is 13.9 Å². The lowest BCUT2D eigenvalue weighted by atomic mass is 9.91. The third-order valence-electron chi connectivity index (χ3n) is 10.3. The molecule has 1 aliphatic heterocycles. The number of ether oxygens (including phenoxy) is 2. The summed E-state index contributed by atoms with van der Waals surface area (Å²) in [5.74, 6) is -38.7. The van der Waals surface area contributed by atoms with E-state index in [9.17, 15) is 75.9 Å². The quantitative estimate of drug-likeness (QED) is 0.0224. The van der Waals surface area contributed by atoms with Crippen LogP contribution in [0.5, 0.6) is 5.75 Å². The minimum Gasteiger partial charge on any atom is -0.465 e. The summed E-state index contributed by atoms with van der Waals surface area (Å²) in [6.07, 6.45) is -14.9. The molecule has 0 radical (unpaired) electrons. The maximum absolute atomic E-state index is 14.6. The van der Waals surface area contributed by atoms with Crippen molar-refractivity contribution in [1.82, 2.24) is 24.6 Å². The molecule has 1 saturated heterocycles. The molecule has 4 aromatic rings. The third kappa shape index (κ3) is 10.8. The Morgan fingerprint density at radius 3 is 2.11 bits per heavy atom. The fourth-order valence-corrected chi connectivity index (χ4v) is 8.06. The molecular weight excluding hydrogens is 949 g/mol. The maximum atomic E-state index is 14.6. The van der Waals surface area contributed by atoms with Crippen LogP contribution >= 0.6 is 7.75 Å². The predicted molar refractivity (Wildman–Crippen MR) is 201 cm³/mol. The van der Waals surface area contributed by atoms with Crippen LogP contribution in [0.15, 0.2) is 67.0 Å². The number of nitrogens with two attached hydrogens (primary N) is 1. The maximum Gasteiger partial charge on any atom is 0.460 e. The Bertz CT molecular complexity index is 2330. The minimum absolute atomic E-state index is 0.0275. The Kier molecular flexibility index (Phi) is 15.3. The van der Waals surface area contributed by atoms with Crippen molar-refractivity contribution in [3.05, 3.63) is 78.6 Å². The Hall–Kier alpha value is -4.85. The number of alkyl halides is 13. The van der Waals surface area contributed by atoms with Gasteiger partial charge in [0.25, 0.3) is 0 Å². The summed E-state index contributed by atoms with van der Waals surface area (Å²) in [4.78, 5) is 24.7. The molecule has 2 aromatic heterocycles. The largest absolute Gasteiger partial charge is 0.465 e. The summed E-state index contributed by atoms with van der Waals surface area (Å²) >= 11 is 0. The van der Waals surface area contributed by atoms with Gasteiger partial charge in [0.15, 0.2) is 17.0 Å². The normalized spacial score (nSPS) is 20.3. The molecule has 0 spiro atoms. The van der Waals surface area contributed by atoms with E-state index in [2.05, 4.69) is 20.0 Å². The van der Waals surface area contributed by atoms with Crippen LogP contribution in [-0.4, -0.2) is 97.3 Å². The SMILES string of the molecule is C[C@]1(COP(=O)(N[C@@H](Cc2ccccc2)C(=O)OCCCCCCC(F)(F)C(F)(F)C(F)(F)C(F)(F)C(F)(F)C(F)(F)F)Oc2ccccc2)O[C@@H](n2cnc3c(N)nc(F)nc32)C[C@@H]1O. The van der Waals surface area contributed by atoms with Crippen molar-refractivity contribution >= 4 is 30.7 Å². The number of nitrogens with zero attached hydrogens (tertiary/aromatic N) is 4. The van der Waals surface area contributed by atoms with E-state index < -0.39 is 112 Å². The molecular formula is C38H39F14N6O7P. The molecule has 13 nitrogen and oxygen atoms in total. The number of nitrogen functional groups attached to an aromatic ring is 1. The van der Waals surface area contributed by atoms with Crippen molar-refractivity contribution in [2.24, 2.45) is 0 Å². The van der Waals surface area contributed by atoms with Crippen molar-refractivity contribution in [3.63, 3.8) is 0 Å². The number of unbranched alkanes of at least 4 members (excludes halogenated alkanes) is 3.